The lowest BCUT2D eigenvalue weighted by molar-refractivity contribution is 0.0657. The molecule has 0 spiro atoms. The number of rotatable bonds is 4. The van der Waals surface area contributed by atoms with Crippen molar-refractivity contribution in [1.29, 1.82) is 0 Å². The van der Waals surface area contributed by atoms with Crippen LogP contribution >= 0.6 is 0 Å². The SMILES string of the molecule is COc1ccc([C@@H]2C[C@H](C(F)F)n3ncc(C(=O)N4c5ccccc5C[C@H]4C)c3N2)cc1. The van der Waals surface area contributed by atoms with Gasteiger partial charge in [-0.3, -0.25) is 4.79 Å². The molecule has 166 valence electrons. The number of anilines is 2. The summed E-state index contributed by atoms with van der Waals surface area (Å²) in [5.74, 6) is 0.793. The van der Waals surface area contributed by atoms with E-state index in [4.69, 9.17) is 4.74 Å². The van der Waals surface area contributed by atoms with Crippen LogP contribution in [-0.4, -0.2) is 35.3 Å². The lowest BCUT2D eigenvalue weighted by atomic mass is 9.97. The van der Waals surface area contributed by atoms with Gasteiger partial charge in [0.05, 0.1) is 19.3 Å². The van der Waals surface area contributed by atoms with Crippen LogP contribution in [0.25, 0.3) is 0 Å². The van der Waals surface area contributed by atoms with Gasteiger partial charge >= 0.3 is 0 Å². The van der Waals surface area contributed by atoms with E-state index >= 15 is 0 Å². The molecule has 0 unspecified atom stereocenters. The minimum atomic E-state index is -2.61. The van der Waals surface area contributed by atoms with E-state index in [0.29, 0.717) is 17.1 Å². The molecule has 0 radical (unpaired) electrons. The van der Waals surface area contributed by atoms with Gasteiger partial charge in [0.1, 0.15) is 23.2 Å². The molecule has 0 aliphatic carbocycles. The Morgan fingerprint density at radius 3 is 2.66 bits per heavy atom. The van der Waals surface area contributed by atoms with Gasteiger partial charge in [0, 0.05) is 11.7 Å². The second-order valence-corrected chi connectivity index (χ2v) is 8.32. The van der Waals surface area contributed by atoms with Crippen molar-refractivity contribution < 1.29 is 18.3 Å². The van der Waals surface area contributed by atoms with Gasteiger partial charge in [0.2, 0.25) is 0 Å². The highest BCUT2D eigenvalue weighted by molar-refractivity contribution is 6.10. The molecule has 2 aliphatic rings. The first-order valence-electron chi connectivity index (χ1n) is 10.7. The number of ether oxygens (including phenoxy) is 1. The van der Waals surface area contributed by atoms with E-state index in [1.165, 1.54) is 10.9 Å². The van der Waals surface area contributed by atoms with E-state index in [2.05, 4.69) is 10.4 Å². The second-order valence-electron chi connectivity index (χ2n) is 8.32. The Bertz CT molecular complexity index is 1150. The van der Waals surface area contributed by atoms with Crippen molar-refractivity contribution in [3.05, 3.63) is 71.4 Å². The maximum Gasteiger partial charge on any atom is 0.263 e. The van der Waals surface area contributed by atoms with E-state index in [0.717, 1.165) is 23.2 Å². The first-order chi connectivity index (χ1) is 15.5. The third-order valence-corrected chi connectivity index (χ3v) is 6.36. The molecular weight excluding hydrogens is 414 g/mol. The van der Waals surface area contributed by atoms with Gasteiger partial charge in [-0.2, -0.15) is 5.10 Å². The normalized spacial score (nSPS) is 21.8. The van der Waals surface area contributed by atoms with E-state index < -0.39 is 12.5 Å². The molecule has 0 saturated heterocycles. The Morgan fingerprint density at radius 1 is 1.19 bits per heavy atom. The molecule has 6 nitrogen and oxygen atoms in total. The number of hydrogen-bond acceptors (Lipinski definition) is 4. The Labute approximate surface area is 184 Å². The fourth-order valence-corrected chi connectivity index (χ4v) is 4.75. The zero-order valence-electron chi connectivity index (χ0n) is 17.8. The highest BCUT2D eigenvalue weighted by Gasteiger charge is 2.39. The van der Waals surface area contributed by atoms with Gasteiger partial charge in [-0.1, -0.05) is 30.3 Å². The highest BCUT2D eigenvalue weighted by Crippen LogP contribution is 2.41. The highest BCUT2D eigenvalue weighted by atomic mass is 19.3. The molecule has 1 aromatic heterocycles. The van der Waals surface area contributed by atoms with Crippen molar-refractivity contribution in [3.8, 4) is 5.75 Å². The summed E-state index contributed by atoms with van der Waals surface area (Å²) in [6.45, 7) is 1.99. The second kappa shape index (κ2) is 7.93. The van der Waals surface area contributed by atoms with E-state index in [1.54, 1.807) is 24.1 Å². The van der Waals surface area contributed by atoms with Gasteiger partial charge in [-0.25, -0.2) is 13.5 Å². The Hall–Kier alpha value is -3.42. The summed E-state index contributed by atoms with van der Waals surface area (Å²) in [5, 5.41) is 7.50. The lowest BCUT2D eigenvalue weighted by Crippen LogP contribution is -2.37. The first kappa shape index (κ1) is 20.5. The van der Waals surface area contributed by atoms with Crippen LogP contribution in [0, 0.1) is 0 Å². The maximum atomic E-state index is 14.0. The van der Waals surface area contributed by atoms with Crippen molar-refractivity contribution in [2.45, 2.75) is 44.3 Å². The molecule has 1 N–H and O–H groups in total. The molecule has 3 atom stereocenters. The molecule has 8 heteroatoms. The Morgan fingerprint density at radius 2 is 1.94 bits per heavy atom. The third-order valence-electron chi connectivity index (χ3n) is 6.36. The molecule has 0 saturated carbocycles. The average molecular weight is 438 g/mol. The summed E-state index contributed by atoms with van der Waals surface area (Å²) in [4.78, 5) is 15.3. The molecule has 32 heavy (non-hydrogen) atoms. The number of methoxy groups -OCH3 is 1. The molecule has 3 aromatic rings. The largest absolute Gasteiger partial charge is 0.497 e. The summed E-state index contributed by atoms with van der Waals surface area (Å²) in [7, 11) is 1.58. The average Bonchev–Trinajstić information content (AvgIpc) is 3.38. The van der Waals surface area contributed by atoms with Crippen molar-refractivity contribution in [2.24, 2.45) is 0 Å². The molecule has 2 aliphatic heterocycles. The number of nitrogens with one attached hydrogen (secondary N) is 1. The first-order valence-corrected chi connectivity index (χ1v) is 10.7. The number of carbonyl (C=O) groups is 1. The fourth-order valence-electron chi connectivity index (χ4n) is 4.75. The number of nitrogens with zero attached hydrogens (tertiary/aromatic N) is 3. The zero-order valence-corrected chi connectivity index (χ0v) is 17.8. The molecular formula is C24H24F2N4O2. The van der Waals surface area contributed by atoms with Crippen molar-refractivity contribution in [1.82, 2.24) is 9.78 Å². The predicted octanol–water partition coefficient (Wildman–Crippen LogP) is 4.85. The summed E-state index contributed by atoms with van der Waals surface area (Å²) >= 11 is 0. The van der Waals surface area contributed by atoms with Gasteiger partial charge in [-0.05, 0) is 49.1 Å². The maximum absolute atomic E-state index is 14.0. The fraction of sp³-hybridized carbons (Fsp3) is 0.333. The summed E-state index contributed by atoms with van der Waals surface area (Å²) < 4.78 is 34.4. The van der Waals surface area contributed by atoms with Gasteiger partial charge in [0.15, 0.2) is 0 Å². The zero-order chi connectivity index (χ0) is 22.4. The van der Waals surface area contributed by atoms with Crippen LogP contribution in [0.5, 0.6) is 5.75 Å². The predicted molar refractivity (Wildman–Crippen MR) is 118 cm³/mol. The Kier molecular flexibility index (Phi) is 5.07. The molecule has 1 amide bonds. The third kappa shape index (κ3) is 3.30. The number of halogens is 2. The number of benzene rings is 2. The number of amides is 1. The van der Waals surface area contributed by atoms with Crippen molar-refractivity contribution in [3.63, 3.8) is 0 Å². The number of aromatic nitrogens is 2. The van der Waals surface area contributed by atoms with Crippen LogP contribution in [-0.2, 0) is 6.42 Å². The molecule has 2 aromatic carbocycles. The van der Waals surface area contributed by atoms with Gasteiger partial charge < -0.3 is 15.0 Å². The minimum absolute atomic E-state index is 0.0256. The van der Waals surface area contributed by atoms with Crippen molar-refractivity contribution in [2.75, 3.05) is 17.3 Å². The molecule has 5 rings (SSSR count). The summed E-state index contributed by atoms with van der Waals surface area (Å²) in [6.07, 6.45) is -0.280. The molecule has 3 heterocycles. The minimum Gasteiger partial charge on any atom is -0.497 e. The number of carbonyl (C=O) groups excluding carboxylic acids is 1. The number of fused-ring (bicyclic) bond motifs is 2. The van der Waals surface area contributed by atoms with E-state index in [1.807, 2.05) is 43.3 Å². The van der Waals surface area contributed by atoms with Gasteiger partial charge in [-0.15, -0.1) is 0 Å². The van der Waals surface area contributed by atoms with Crippen LogP contribution < -0.4 is 15.0 Å². The smallest absolute Gasteiger partial charge is 0.263 e. The standard InChI is InChI=1S/C24H24F2N4O2/c1-14-11-16-5-3-4-6-20(16)29(14)24(31)18-13-27-30-21(22(25)26)12-19(28-23(18)30)15-7-9-17(32-2)10-8-15/h3-10,13-14,19,21-22,28H,11-12H2,1-2H3/t14-,19+,21-/m1/s1. The van der Waals surface area contributed by atoms with Crippen molar-refractivity contribution >= 4 is 17.4 Å². The van der Waals surface area contributed by atoms with Crippen LogP contribution in [0.15, 0.2) is 54.7 Å². The van der Waals surface area contributed by atoms with Crippen LogP contribution in [0.2, 0.25) is 0 Å². The van der Waals surface area contributed by atoms with Crippen LogP contribution in [0.4, 0.5) is 20.3 Å². The number of alkyl halides is 2. The Balaban J connectivity index is 1.52. The summed E-state index contributed by atoms with van der Waals surface area (Å²) in [5.41, 5.74) is 3.11. The molecule has 0 fully saturated rings. The quantitative estimate of drug-likeness (QED) is 0.633. The summed E-state index contributed by atoms with van der Waals surface area (Å²) in [6, 6.07) is 13.6. The topological polar surface area (TPSA) is 59.4 Å². The van der Waals surface area contributed by atoms with Crippen LogP contribution in [0.3, 0.4) is 0 Å². The van der Waals surface area contributed by atoms with Crippen LogP contribution in [0.1, 0.15) is 46.9 Å². The van der Waals surface area contributed by atoms with E-state index in [-0.39, 0.29) is 24.4 Å². The van der Waals surface area contributed by atoms with E-state index in [9.17, 15) is 13.6 Å². The molecule has 0 bridgehead atoms. The number of hydrogen-bond donors (Lipinski definition) is 1. The lowest BCUT2D eigenvalue weighted by Gasteiger charge is -2.33. The monoisotopic (exact) mass is 438 g/mol. The van der Waals surface area contributed by atoms with Gasteiger partial charge in [0.25, 0.3) is 12.3 Å². The number of para-hydroxylation sites is 1.